The molecule has 0 bridgehead atoms. The molecule has 9 heteroatoms. The Morgan fingerprint density at radius 1 is 0.588 bits per heavy atom. The Kier molecular flexibility index (Phi) is 19.0. The minimum Gasteiger partial charge on any atom is -1.00 e. The number of hydrogen-bond donors (Lipinski definition) is 0. The Bertz CT molecular complexity index is 2740. The van der Waals surface area contributed by atoms with E-state index in [0.717, 1.165) is 48.5 Å². The second-order valence-electron chi connectivity index (χ2n) is 18.8. The summed E-state index contributed by atoms with van der Waals surface area (Å²) in [6, 6.07) is 34.6. The van der Waals surface area contributed by atoms with Crippen LogP contribution in [0.5, 0.6) is 0 Å². The molecule has 0 saturated carbocycles. The smallest absolute Gasteiger partial charge is 1.00 e. The van der Waals surface area contributed by atoms with Crippen molar-refractivity contribution in [3.63, 3.8) is 0 Å². The zero-order chi connectivity index (χ0) is 48.3. The molecule has 1 atom stereocenters. The molecule has 1 aliphatic carbocycles. The van der Waals surface area contributed by atoms with Gasteiger partial charge in [0.2, 0.25) is 0 Å². The molecule has 1 unspecified atom stereocenters. The topological polar surface area (TPSA) is 0 Å². The summed E-state index contributed by atoms with van der Waals surface area (Å²) in [5, 5.41) is 5.32. The van der Waals surface area contributed by atoms with Gasteiger partial charge in [0.1, 0.15) is 0 Å². The first-order valence-corrected chi connectivity index (χ1v) is 23.7. The predicted molar refractivity (Wildman–Crippen MR) is 261 cm³/mol. The zero-order valence-corrected chi connectivity index (χ0v) is 44.3. The fourth-order valence-electron chi connectivity index (χ4n) is 9.04. The minimum absolute atomic E-state index is 0. The van der Waals surface area contributed by atoms with Gasteiger partial charge in [0.25, 0.3) is 0 Å². The van der Waals surface area contributed by atoms with Crippen molar-refractivity contribution in [1.82, 2.24) is 0 Å². The van der Waals surface area contributed by atoms with Crippen molar-refractivity contribution in [1.29, 1.82) is 0 Å². The molecular weight excluding hydrogens is 985 g/mol. The van der Waals surface area contributed by atoms with Gasteiger partial charge >= 0.3 is 137 Å². The molecular formula is C59H58Cl2F6Zr-2. The summed E-state index contributed by atoms with van der Waals surface area (Å²) in [6.07, 6.45) is 2.90. The quantitative estimate of drug-likeness (QED) is 0.110. The van der Waals surface area contributed by atoms with Gasteiger partial charge in [0.05, 0.1) is 0 Å². The third-order valence-electron chi connectivity index (χ3n) is 12.2. The van der Waals surface area contributed by atoms with Crippen molar-refractivity contribution < 1.29 is 75.4 Å². The van der Waals surface area contributed by atoms with Crippen LogP contribution in [-0.2, 0) is 36.6 Å². The van der Waals surface area contributed by atoms with Gasteiger partial charge in [0.15, 0.2) is 0 Å². The molecule has 0 aliphatic heterocycles. The molecule has 0 amide bonds. The fourth-order valence-corrected chi connectivity index (χ4v) is 9.80. The third kappa shape index (κ3) is 13.7. The van der Waals surface area contributed by atoms with Gasteiger partial charge in [-0.3, -0.25) is 6.08 Å². The summed E-state index contributed by atoms with van der Waals surface area (Å²) in [5.41, 5.74) is 14.0. The first-order valence-electron chi connectivity index (χ1n) is 22.5. The Morgan fingerprint density at radius 2 is 1.00 bits per heavy atom. The molecule has 0 aromatic heterocycles. The number of benzene rings is 6. The summed E-state index contributed by atoms with van der Waals surface area (Å²) in [7, 11) is 0. The molecule has 0 N–H and O–H groups in total. The van der Waals surface area contributed by atoms with Crippen molar-refractivity contribution in [2.75, 3.05) is 0 Å². The van der Waals surface area contributed by atoms with E-state index in [9.17, 15) is 26.3 Å². The molecule has 1 aliphatic rings. The second kappa shape index (κ2) is 23.0. The average Bonchev–Trinajstić information content (AvgIpc) is 3.87. The van der Waals surface area contributed by atoms with Crippen LogP contribution in [0.15, 0.2) is 133 Å². The van der Waals surface area contributed by atoms with E-state index >= 15 is 0 Å². The molecule has 0 saturated heterocycles. The standard InChI is InChI=1S/C31H29.C15H8F6.C13H21.2ClH.Zr/c1-18-11-20(3)30(21(4)12-18)24-7-9-28-26(15-24)17-27-16-25(8-10-29(27)28)31-22(5)13-19(2)14-23(31)6;16-14(17,18)12-5-1-3-10(8-12)7-11-4-2-6-13(9-11)15(19,20)21;1-5-6-7-11-8-9-12(10-11)13(2,3)4;;;/h7-17H,1-6H3;1-6,8-9H;9-11H,5-7H2,1-4H3;2*1H;/q-1;;-1;;;+2/p-2. The van der Waals surface area contributed by atoms with Crippen molar-refractivity contribution in [3.05, 3.63) is 195 Å². The maximum absolute atomic E-state index is 12.7. The van der Waals surface area contributed by atoms with E-state index in [2.05, 4.69) is 154 Å². The Balaban J connectivity index is 0.000000239. The molecule has 8 rings (SSSR count). The van der Waals surface area contributed by atoms with Crippen LogP contribution in [0.4, 0.5) is 26.3 Å². The maximum atomic E-state index is 12.7. The van der Waals surface area contributed by atoms with Crippen LogP contribution in [-0.4, -0.2) is 3.21 Å². The maximum Gasteiger partial charge on any atom is -1.00 e. The SMILES string of the molecule is CCCCC1[C-]=CC(C(C)(C)C)=C1.Cc1cc(C)c(-c2ccc3c(c2)[cH-]c2cc(-c4c(C)cc(C)cc4C)ccc23)c(C)c1.FC(F)(F)c1cccc([C](=[Zr+2])c2cccc(C(F)(F)F)c2)c1.[Cl-].[Cl-]. The molecule has 356 valence electrons. The summed E-state index contributed by atoms with van der Waals surface area (Å²) in [4.78, 5) is 0. The number of hydrogen-bond acceptors (Lipinski definition) is 0. The number of rotatable bonds is 7. The van der Waals surface area contributed by atoms with Gasteiger partial charge < -0.3 is 24.8 Å². The van der Waals surface area contributed by atoms with Crippen molar-refractivity contribution >= 4 is 24.8 Å². The summed E-state index contributed by atoms with van der Waals surface area (Å²) in [5.74, 6) is 0.592. The first-order chi connectivity index (χ1) is 30.9. The van der Waals surface area contributed by atoms with Crippen molar-refractivity contribution in [2.24, 2.45) is 11.3 Å². The van der Waals surface area contributed by atoms with Crippen LogP contribution in [0.1, 0.15) is 103 Å². The summed E-state index contributed by atoms with van der Waals surface area (Å²) >= 11 is 0.729. The molecule has 0 heterocycles. The number of unbranched alkanes of at least 4 members (excludes halogenated alkanes) is 1. The number of allylic oxidation sites excluding steroid dienone is 4. The van der Waals surface area contributed by atoms with E-state index in [1.165, 1.54) is 126 Å². The Morgan fingerprint density at radius 3 is 1.35 bits per heavy atom. The summed E-state index contributed by atoms with van der Waals surface area (Å²) in [6.45, 7) is 22.3. The normalized spacial score (nSPS) is 13.5. The molecule has 7 aromatic carbocycles. The number of halogens is 8. The largest absolute Gasteiger partial charge is 1.00 e. The van der Waals surface area contributed by atoms with Crippen LogP contribution in [0, 0.1) is 59.0 Å². The summed E-state index contributed by atoms with van der Waals surface area (Å²) < 4.78 is 76.7. The van der Waals surface area contributed by atoms with Gasteiger partial charge in [0, 0.05) is 0 Å². The molecule has 0 radical (unpaired) electrons. The molecule has 68 heavy (non-hydrogen) atoms. The number of aryl methyl sites for hydroxylation is 6. The van der Waals surface area contributed by atoms with Gasteiger partial charge in [-0.1, -0.05) is 129 Å². The average molecular weight is 1040 g/mol. The predicted octanol–water partition coefficient (Wildman–Crippen LogP) is 11.9. The molecule has 0 nitrogen and oxygen atoms in total. The molecule has 0 fully saturated rings. The fraction of sp³-hybridized carbons (Fsp3) is 0.288. The van der Waals surface area contributed by atoms with Crippen molar-refractivity contribution in [2.45, 2.75) is 101 Å². The van der Waals surface area contributed by atoms with Gasteiger partial charge in [-0.15, -0.1) is 39.7 Å². The van der Waals surface area contributed by atoms with Gasteiger partial charge in [-0.05, 0) is 74.9 Å². The monoisotopic (exact) mass is 1040 g/mol. The first kappa shape index (κ1) is 56.2. The Hall–Kier alpha value is -4.42. The second-order valence-corrected chi connectivity index (χ2v) is 20.0. The van der Waals surface area contributed by atoms with Crippen molar-refractivity contribution in [3.8, 4) is 22.3 Å². The molecule has 0 spiro atoms. The van der Waals surface area contributed by atoms with E-state index in [1.807, 2.05) is 0 Å². The van der Waals surface area contributed by atoms with E-state index in [1.54, 1.807) is 0 Å². The minimum atomic E-state index is -4.49. The van der Waals surface area contributed by atoms with E-state index in [-0.39, 0.29) is 35.9 Å². The zero-order valence-electron chi connectivity index (χ0n) is 40.3. The third-order valence-corrected chi connectivity index (χ3v) is 13.6. The van der Waals surface area contributed by atoms with Crippen LogP contribution in [0.25, 0.3) is 43.8 Å². The van der Waals surface area contributed by atoms with Gasteiger partial charge in [-0.25, -0.2) is 6.08 Å². The van der Waals surface area contributed by atoms with E-state index in [4.69, 9.17) is 0 Å². The van der Waals surface area contributed by atoms with Crippen LogP contribution in [0.3, 0.4) is 0 Å². The number of alkyl halides is 6. The van der Waals surface area contributed by atoms with Gasteiger partial charge in [-0.2, -0.15) is 11.6 Å². The van der Waals surface area contributed by atoms with Crippen LogP contribution < -0.4 is 24.8 Å². The molecule has 7 aromatic rings. The number of fused-ring (bicyclic) bond motifs is 3. The van der Waals surface area contributed by atoms with E-state index in [0.29, 0.717) is 14.5 Å². The van der Waals surface area contributed by atoms with Crippen LogP contribution in [0.2, 0.25) is 0 Å². The van der Waals surface area contributed by atoms with Crippen LogP contribution >= 0.6 is 0 Å². The van der Waals surface area contributed by atoms with E-state index < -0.39 is 23.5 Å². The Labute approximate surface area is 426 Å².